The van der Waals surface area contributed by atoms with Crippen LogP contribution in [0.2, 0.25) is 0 Å². The lowest BCUT2D eigenvalue weighted by Gasteiger charge is -2.37. The molecule has 4 unspecified atom stereocenters. The van der Waals surface area contributed by atoms with Crippen molar-refractivity contribution in [2.24, 2.45) is 0 Å². The molecule has 2 aliphatic heterocycles. The van der Waals surface area contributed by atoms with E-state index < -0.39 is 29.1 Å². The maximum absolute atomic E-state index is 13.7. The fraction of sp³-hybridized carbons (Fsp3) is 0.730. The second kappa shape index (κ2) is 16.5. The minimum Gasteiger partial charge on any atom is -0.478 e. The molecule has 4 rings (SSSR count). The number of amides is 1. The number of carbonyl (C=O) groups is 4. The number of carboxylic acid groups (broad SMARTS) is 1. The second-order valence-electron chi connectivity index (χ2n) is 16.4. The van der Waals surface area contributed by atoms with Crippen LogP contribution in [0.25, 0.3) is 0 Å². The molecule has 1 aromatic carbocycles. The molecular formula is C37H59N5O8. The van der Waals surface area contributed by atoms with Crippen LogP contribution in [0.4, 0.5) is 0 Å². The third kappa shape index (κ3) is 12.0. The van der Waals surface area contributed by atoms with Crippen LogP contribution in [0.15, 0.2) is 18.2 Å². The molecule has 1 amide bonds. The molecular weight excluding hydrogens is 642 g/mol. The summed E-state index contributed by atoms with van der Waals surface area (Å²) in [5, 5.41) is 12.9. The minimum absolute atomic E-state index is 0.0785. The van der Waals surface area contributed by atoms with E-state index in [1.165, 1.54) is 0 Å². The average Bonchev–Trinajstić information content (AvgIpc) is 3.33. The van der Waals surface area contributed by atoms with Gasteiger partial charge < -0.3 is 24.6 Å². The van der Waals surface area contributed by atoms with Gasteiger partial charge in [-0.25, -0.2) is 4.79 Å². The maximum Gasteiger partial charge on any atom is 0.335 e. The van der Waals surface area contributed by atoms with Gasteiger partial charge in [-0.15, -0.1) is 0 Å². The van der Waals surface area contributed by atoms with Crippen LogP contribution in [0.5, 0.6) is 0 Å². The van der Waals surface area contributed by atoms with Crippen LogP contribution in [-0.2, 0) is 35.0 Å². The SMILES string of the molecule is CC(C)(C)OCCN1CCN(CC(=O)OC(C)(C)C)CCN2CCN(CC1)CC(=O)OC(C)(C)C1c3cc(C(=O)O)ccc3CC1NC(=O)C2. The van der Waals surface area contributed by atoms with Crippen LogP contribution < -0.4 is 5.32 Å². The molecule has 0 radical (unpaired) electrons. The van der Waals surface area contributed by atoms with Gasteiger partial charge in [0.05, 0.1) is 37.4 Å². The quantitative estimate of drug-likeness (QED) is 0.421. The van der Waals surface area contributed by atoms with Gasteiger partial charge in [0.2, 0.25) is 5.91 Å². The summed E-state index contributed by atoms with van der Waals surface area (Å²) >= 11 is 0. The summed E-state index contributed by atoms with van der Waals surface area (Å²) in [5.41, 5.74) is -0.0514. The molecule has 50 heavy (non-hydrogen) atoms. The molecule has 2 N–H and O–H groups in total. The van der Waals surface area contributed by atoms with E-state index in [2.05, 4.69) is 24.9 Å². The lowest BCUT2D eigenvalue weighted by Crippen LogP contribution is -2.51. The number of carbonyl (C=O) groups excluding carboxylic acids is 3. The fourth-order valence-corrected chi connectivity index (χ4v) is 7.11. The Hall–Kier alpha value is -3.10. The number of hydrogen-bond acceptors (Lipinski definition) is 11. The van der Waals surface area contributed by atoms with E-state index in [0.29, 0.717) is 71.9 Å². The van der Waals surface area contributed by atoms with Crippen molar-refractivity contribution in [2.45, 2.75) is 90.6 Å². The molecule has 2 heterocycles. The first-order valence-corrected chi connectivity index (χ1v) is 17.9. The Morgan fingerprint density at radius 3 is 2.14 bits per heavy atom. The standard InChI is InChI=1S/C37H59N5O8/c1-35(2,3)48-20-19-39-11-13-41(24-31(44)49-36(4,5)6)17-15-40-16-18-42(14-12-39)25-32(45)50-37(7,8)33-28-21-27(34(46)47)10-9-26(28)22-29(33)38-30(43)23-40/h9-10,21,29,33H,11-20,22-25H2,1-8H3,(H,38,43)(H,46,47). The number of carboxylic acids is 1. The Bertz CT molecular complexity index is 1370. The molecule has 3 aliphatic rings. The van der Waals surface area contributed by atoms with Gasteiger partial charge in [-0.05, 0) is 85.1 Å². The van der Waals surface area contributed by atoms with Crippen molar-refractivity contribution in [1.29, 1.82) is 0 Å². The number of nitrogens with one attached hydrogen (secondary N) is 1. The number of hydrogen-bond donors (Lipinski definition) is 2. The number of esters is 2. The van der Waals surface area contributed by atoms with E-state index >= 15 is 0 Å². The number of benzene rings is 1. The molecule has 13 heteroatoms. The molecule has 1 aliphatic carbocycles. The molecule has 2 bridgehead atoms. The monoisotopic (exact) mass is 701 g/mol. The van der Waals surface area contributed by atoms with Gasteiger partial charge in [0, 0.05) is 70.9 Å². The molecule has 280 valence electrons. The van der Waals surface area contributed by atoms with Gasteiger partial charge in [-0.1, -0.05) is 6.07 Å². The molecule has 1 aromatic rings. The normalized spacial score (nSPS) is 26.1. The van der Waals surface area contributed by atoms with Crippen LogP contribution in [0.1, 0.15) is 82.8 Å². The van der Waals surface area contributed by atoms with E-state index in [9.17, 15) is 24.3 Å². The lowest BCUT2D eigenvalue weighted by molar-refractivity contribution is -0.160. The zero-order chi connectivity index (χ0) is 36.9. The van der Waals surface area contributed by atoms with E-state index in [4.69, 9.17) is 14.2 Å². The number of cyclic esters (lactones) is 1. The molecule has 0 spiro atoms. The van der Waals surface area contributed by atoms with E-state index in [1.54, 1.807) is 18.2 Å². The Kier molecular flexibility index (Phi) is 13.1. The zero-order valence-electron chi connectivity index (χ0n) is 31.4. The predicted molar refractivity (Wildman–Crippen MR) is 189 cm³/mol. The van der Waals surface area contributed by atoms with Crippen molar-refractivity contribution >= 4 is 23.8 Å². The molecule has 2 saturated heterocycles. The lowest BCUT2D eigenvalue weighted by atomic mass is 9.82. The highest BCUT2D eigenvalue weighted by atomic mass is 16.6. The van der Waals surface area contributed by atoms with Crippen LogP contribution >= 0.6 is 0 Å². The number of fused-ring (bicyclic) bond motifs is 6. The summed E-state index contributed by atoms with van der Waals surface area (Å²) in [7, 11) is 0. The molecule has 4 atom stereocenters. The molecule has 13 nitrogen and oxygen atoms in total. The van der Waals surface area contributed by atoms with Crippen LogP contribution in [0.3, 0.4) is 0 Å². The highest BCUT2D eigenvalue weighted by Crippen LogP contribution is 2.43. The van der Waals surface area contributed by atoms with Gasteiger partial charge in [-0.2, -0.15) is 0 Å². The van der Waals surface area contributed by atoms with Gasteiger partial charge in [0.15, 0.2) is 0 Å². The first-order valence-electron chi connectivity index (χ1n) is 17.9. The summed E-state index contributed by atoms with van der Waals surface area (Å²) < 4.78 is 17.9. The van der Waals surface area contributed by atoms with E-state index in [-0.39, 0.29) is 48.6 Å². The Balaban J connectivity index is 1.61. The number of aromatic carboxylic acids is 1. The third-order valence-electron chi connectivity index (χ3n) is 9.41. The Morgan fingerprint density at radius 1 is 0.900 bits per heavy atom. The smallest absolute Gasteiger partial charge is 0.335 e. The van der Waals surface area contributed by atoms with Crippen molar-refractivity contribution < 1.29 is 38.5 Å². The van der Waals surface area contributed by atoms with Gasteiger partial charge >= 0.3 is 17.9 Å². The first-order chi connectivity index (χ1) is 23.3. The van der Waals surface area contributed by atoms with Crippen molar-refractivity contribution in [3.8, 4) is 0 Å². The molecule has 0 aromatic heterocycles. The average molecular weight is 702 g/mol. The Morgan fingerprint density at radius 2 is 1.50 bits per heavy atom. The van der Waals surface area contributed by atoms with E-state index in [1.807, 2.05) is 55.4 Å². The fourth-order valence-electron chi connectivity index (χ4n) is 7.11. The molecule has 2 fully saturated rings. The van der Waals surface area contributed by atoms with Crippen LogP contribution in [-0.4, -0.2) is 157 Å². The van der Waals surface area contributed by atoms with Crippen molar-refractivity contribution in [2.75, 3.05) is 85.1 Å². The summed E-state index contributed by atoms with van der Waals surface area (Å²) in [5.74, 6) is -2.30. The number of nitrogens with zero attached hydrogens (tertiary/aromatic N) is 4. The van der Waals surface area contributed by atoms with Crippen molar-refractivity contribution in [3.05, 3.63) is 34.9 Å². The highest BCUT2D eigenvalue weighted by Gasteiger charge is 2.46. The van der Waals surface area contributed by atoms with Crippen LogP contribution in [0, 0.1) is 0 Å². The summed E-state index contributed by atoms with van der Waals surface area (Å²) in [6, 6.07) is 4.62. The topological polar surface area (TPSA) is 141 Å². The third-order valence-corrected chi connectivity index (χ3v) is 9.41. The number of ether oxygens (including phenoxy) is 3. The number of rotatable bonds is 6. The molecule has 0 saturated carbocycles. The van der Waals surface area contributed by atoms with Gasteiger partial charge in [-0.3, -0.25) is 34.0 Å². The largest absolute Gasteiger partial charge is 0.478 e. The maximum atomic E-state index is 13.7. The van der Waals surface area contributed by atoms with Gasteiger partial charge in [0.25, 0.3) is 0 Å². The van der Waals surface area contributed by atoms with Crippen molar-refractivity contribution in [3.63, 3.8) is 0 Å². The van der Waals surface area contributed by atoms with Gasteiger partial charge in [0.1, 0.15) is 11.2 Å². The van der Waals surface area contributed by atoms with Crippen molar-refractivity contribution in [1.82, 2.24) is 24.9 Å². The predicted octanol–water partition coefficient (Wildman–Crippen LogP) is 2.22. The van der Waals surface area contributed by atoms with E-state index in [0.717, 1.165) is 11.1 Å². The summed E-state index contributed by atoms with van der Waals surface area (Å²) in [4.78, 5) is 60.8. The zero-order valence-corrected chi connectivity index (χ0v) is 31.4. The first kappa shape index (κ1) is 39.7. The second-order valence-corrected chi connectivity index (χ2v) is 16.4. The summed E-state index contributed by atoms with van der Waals surface area (Å²) in [6.07, 6.45) is 0.497. The highest BCUT2D eigenvalue weighted by molar-refractivity contribution is 5.88. The summed E-state index contributed by atoms with van der Waals surface area (Å²) in [6.45, 7) is 21.6. The minimum atomic E-state index is -1.04. The Labute approximate surface area is 297 Å².